The number of rotatable bonds is 5. The summed E-state index contributed by atoms with van der Waals surface area (Å²) < 4.78 is 123. The van der Waals surface area contributed by atoms with Gasteiger partial charge in [-0.25, -0.2) is 0 Å². The Morgan fingerprint density at radius 1 is 0.825 bits per heavy atom. The minimum Gasteiger partial charge on any atom is -0.299 e. The largest absolute Gasteiger partial charge is 0.460 e. The Hall–Kier alpha value is -2.78. The van der Waals surface area contributed by atoms with Crippen LogP contribution in [0.5, 0.6) is 0 Å². The van der Waals surface area contributed by atoms with Gasteiger partial charge < -0.3 is 0 Å². The monoisotopic (exact) mass is 574 g/mol. The maximum Gasteiger partial charge on any atom is 0.460 e. The Bertz CT molecular complexity index is 1330. The van der Waals surface area contributed by atoms with Crippen LogP contribution in [0, 0.1) is 17.3 Å². The van der Waals surface area contributed by atoms with Crippen molar-refractivity contribution in [1.29, 1.82) is 0 Å². The van der Waals surface area contributed by atoms with Crippen molar-refractivity contribution in [3.8, 4) is 0 Å². The van der Waals surface area contributed by atoms with Crippen LogP contribution in [0.2, 0.25) is 0 Å². The fourth-order valence-electron chi connectivity index (χ4n) is 7.13. The van der Waals surface area contributed by atoms with Crippen LogP contribution in [-0.4, -0.2) is 29.7 Å². The van der Waals surface area contributed by atoms with Crippen LogP contribution >= 0.6 is 0 Å². The Kier molecular flexibility index (Phi) is 6.74. The molecule has 2 aromatic carbocycles. The lowest BCUT2D eigenvalue weighted by Gasteiger charge is -2.48. The molecule has 10 heteroatoms. The molecule has 0 spiro atoms. The molecule has 2 saturated carbocycles. The van der Waals surface area contributed by atoms with Crippen molar-refractivity contribution in [2.75, 3.05) is 0 Å². The Labute approximate surface area is 225 Å². The number of allylic oxidation sites excluding steroid dienone is 1. The zero-order chi connectivity index (χ0) is 29.3. The van der Waals surface area contributed by atoms with Gasteiger partial charge in [-0.15, -0.1) is 0 Å². The van der Waals surface area contributed by atoms with Gasteiger partial charge in [-0.1, -0.05) is 55.5 Å². The second kappa shape index (κ2) is 9.38. The lowest BCUT2D eigenvalue weighted by molar-refractivity contribution is -0.388. The number of fused-ring (bicyclic) bond motifs is 5. The highest BCUT2D eigenvalue weighted by atomic mass is 19.4. The number of ketones is 1. The van der Waals surface area contributed by atoms with Crippen LogP contribution in [0.25, 0.3) is 5.57 Å². The SMILES string of the molecule is C[C@]12CC[C@@H]3c4ccc(/C(=C/C(F)(F)C(F)(F)C(F)(F)C(F)(F)F)c5ccccc5)cc4CC[C@H]3[C@@H]1CCC2=O. The van der Waals surface area contributed by atoms with Crippen LogP contribution in [-0.2, 0) is 11.2 Å². The highest BCUT2D eigenvalue weighted by Crippen LogP contribution is 2.60. The van der Waals surface area contributed by atoms with E-state index in [1.54, 1.807) is 6.07 Å². The fraction of sp³-hybridized carbons (Fsp3) is 0.500. The molecule has 0 amide bonds. The molecule has 0 unspecified atom stereocenters. The van der Waals surface area contributed by atoms with Gasteiger partial charge in [0.15, 0.2) is 0 Å². The molecule has 3 aliphatic carbocycles. The van der Waals surface area contributed by atoms with E-state index in [4.69, 9.17) is 0 Å². The molecule has 0 radical (unpaired) electrons. The molecular weight excluding hydrogens is 547 g/mol. The van der Waals surface area contributed by atoms with E-state index in [9.17, 15) is 44.3 Å². The van der Waals surface area contributed by atoms with Gasteiger partial charge in [0.25, 0.3) is 0 Å². The molecule has 2 aromatic rings. The molecule has 3 aliphatic rings. The summed E-state index contributed by atoms with van der Waals surface area (Å²) in [6.45, 7) is 2.02. The van der Waals surface area contributed by atoms with Gasteiger partial charge >= 0.3 is 23.9 Å². The summed E-state index contributed by atoms with van der Waals surface area (Å²) in [6, 6.07) is 11.6. The molecular formula is C30H27F9O. The molecule has 5 rings (SSSR count). The summed E-state index contributed by atoms with van der Waals surface area (Å²) in [5.74, 6) is -18.6. The van der Waals surface area contributed by atoms with Crippen LogP contribution in [0.15, 0.2) is 54.6 Å². The van der Waals surface area contributed by atoms with Gasteiger partial charge in [-0.3, -0.25) is 4.79 Å². The summed E-state index contributed by atoms with van der Waals surface area (Å²) in [5.41, 5.74) is 0.784. The maximum atomic E-state index is 14.8. The van der Waals surface area contributed by atoms with E-state index >= 15 is 0 Å². The van der Waals surface area contributed by atoms with E-state index in [-0.39, 0.29) is 40.1 Å². The van der Waals surface area contributed by atoms with Crippen LogP contribution in [0.4, 0.5) is 39.5 Å². The smallest absolute Gasteiger partial charge is 0.299 e. The molecule has 1 nitrogen and oxygen atoms in total. The molecule has 2 fully saturated rings. The van der Waals surface area contributed by atoms with Crippen molar-refractivity contribution in [1.82, 2.24) is 0 Å². The van der Waals surface area contributed by atoms with E-state index in [1.165, 1.54) is 42.5 Å². The fourth-order valence-corrected chi connectivity index (χ4v) is 7.13. The van der Waals surface area contributed by atoms with Gasteiger partial charge in [-0.05, 0) is 83.8 Å². The molecule has 0 saturated heterocycles. The lowest BCUT2D eigenvalue weighted by Crippen LogP contribution is -2.60. The average Bonchev–Trinajstić information content (AvgIpc) is 3.20. The topological polar surface area (TPSA) is 17.1 Å². The number of hydrogen-bond acceptors (Lipinski definition) is 1. The first-order valence-corrected chi connectivity index (χ1v) is 13.2. The van der Waals surface area contributed by atoms with E-state index in [2.05, 4.69) is 0 Å². The standard InChI is InChI=1S/C30H27F9O/c1-26-14-13-21-20-9-7-19(15-18(20)8-10-22(21)24(26)11-12-25(26)40)23(17-5-3-2-4-6-17)16-27(31,32)28(33,34)29(35,36)30(37,38)39/h2-7,9,15-16,21-22,24H,8,10-14H2,1H3/b23-16+/t21-,22-,24+,26+/m1/s1. The number of aryl methyl sites for hydroxylation is 1. The summed E-state index contributed by atoms with van der Waals surface area (Å²) >= 11 is 0. The normalized spacial score (nSPS) is 27.7. The van der Waals surface area contributed by atoms with E-state index in [1.807, 2.05) is 6.92 Å². The number of alkyl halides is 9. The highest BCUT2D eigenvalue weighted by molar-refractivity contribution is 5.87. The summed E-state index contributed by atoms with van der Waals surface area (Å²) in [6.07, 6.45) is -3.24. The predicted octanol–water partition coefficient (Wildman–Crippen LogP) is 9.01. The first kappa shape index (κ1) is 28.7. The van der Waals surface area contributed by atoms with E-state index in [0.29, 0.717) is 12.8 Å². The van der Waals surface area contributed by atoms with Gasteiger partial charge in [0, 0.05) is 11.8 Å². The third-order valence-corrected chi connectivity index (χ3v) is 9.33. The van der Waals surface area contributed by atoms with Crippen LogP contribution in [0.1, 0.15) is 67.2 Å². The molecule has 40 heavy (non-hydrogen) atoms. The zero-order valence-electron chi connectivity index (χ0n) is 21.5. The Balaban J connectivity index is 1.55. The van der Waals surface area contributed by atoms with Crippen LogP contribution < -0.4 is 0 Å². The molecule has 0 heterocycles. The number of benzene rings is 2. The van der Waals surface area contributed by atoms with E-state index < -0.39 is 35.6 Å². The highest BCUT2D eigenvalue weighted by Gasteiger charge is 2.81. The van der Waals surface area contributed by atoms with Gasteiger partial charge in [0.1, 0.15) is 5.78 Å². The molecule has 0 N–H and O–H groups in total. The third-order valence-electron chi connectivity index (χ3n) is 9.33. The van der Waals surface area contributed by atoms with Gasteiger partial charge in [-0.2, -0.15) is 39.5 Å². The Morgan fingerprint density at radius 2 is 1.50 bits per heavy atom. The first-order chi connectivity index (χ1) is 18.5. The summed E-state index contributed by atoms with van der Waals surface area (Å²) in [5, 5.41) is 0. The van der Waals surface area contributed by atoms with Crippen molar-refractivity contribution >= 4 is 11.4 Å². The Morgan fingerprint density at radius 3 is 2.15 bits per heavy atom. The minimum absolute atomic E-state index is 0.00546. The quantitative estimate of drug-likeness (QED) is 0.326. The number of carbonyl (C=O) groups excluding carboxylic acids is 1. The molecule has 0 aliphatic heterocycles. The van der Waals surface area contributed by atoms with Crippen molar-refractivity contribution in [2.45, 2.75) is 75.3 Å². The van der Waals surface area contributed by atoms with Crippen LogP contribution in [0.3, 0.4) is 0 Å². The predicted molar refractivity (Wildman–Crippen MR) is 130 cm³/mol. The number of Topliss-reactive ketones (excluding diaryl/α,β-unsaturated/α-hetero) is 1. The molecule has 4 atom stereocenters. The number of carbonyl (C=O) groups is 1. The van der Waals surface area contributed by atoms with E-state index in [0.717, 1.165) is 36.8 Å². The van der Waals surface area contributed by atoms with Crippen molar-refractivity contribution in [3.63, 3.8) is 0 Å². The van der Waals surface area contributed by atoms with Crippen molar-refractivity contribution in [3.05, 3.63) is 76.9 Å². The molecule has 0 aromatic heterocycles. The number of hydrogen-bond donors (Lipinski definition) is 0. The van der Waals surface area contributed by atoms with Crippen molar-refractivity contribution in [2.24, 2.45) is 17.3 Å². The molecule has 0 bridgehead atoms. The second-order valence-electron chi connectivity index (χ2n) is 11.4. The lowest BCUT2D eigenvalue weighted by atomic mass is 9.55. The maximum absolute atomic E-state index is 14.8. The van der Waals surface area contributed by atoms with Gasteiger partial charge in [0.05, 0.1) is 0 Å². The second-order valence-corrected chi connectivity index (χ2v) is 11.4. The van der Waals surface area contributed by atoms with Crippen molar-refractivity contribution < 1.29 is 44.3 Å². The van der Waals surface area contributed by atoms with Gasteiger partial charge in [0.2, 0.25) is 0 Å². The first-order valence-electron chi connectivity index (χ1n) is 13.2. The average molecular weight is 575 g/mol. The minimum atomic E-state index is -6.97. The summed E-state index contributed by atoms with van der Waals surface area (Å²) in [4.78, 5) is 12.6. The third kappa shape index (κ3) is 4.28. The number of halogens is 9. The summed E-state index contributed by atoms with van der Waals surface area (Å²) in [7, 11) is 0. The molecule has 216 valence electrons. The zero-order valence-corrected chi connectivity index (χ0v) is 21.5.